The van der Waals surface area contributed by atoms with Gasteiger partial charge < -0.3 is 0 Å². The molecule has 1 aliphatic heterocycles. The number of carbonyl (C=O) groups is 2. The predicted molar refractivity (Wildman–Crippen MR) is 122 cm³/mol. The highest BCUT2D eigenvalue weighted by atomic mass is 35.5. The number of nitrogens with one attached hydrogen (secondary N) is 1. The smallest absolute Gasteiger partial charge is 0.267 e. The van der Waals surface area contributed by atoms with Gasteiger partial charge in [-0.1, -0.05) is 71.7 Å². The van der Waals surface area contributed by atoms with Crippen molar-refractivity contribution in [1.82, 2.24) is 5.43 Å². The number of carbonyl (C=O) groups excluding carboxylic acids is 2. The molecule has 0 radical (unpaired) electrons. The third kappa shape index (κ3) is 3.02. The zero-order chi connectivity index (χ0) is 20.8. The molecule has 30 heavy (non-hydrogen) atoms. The van der Waals surface area contributed by atoms with Crippen molar-refractivity contribution in [3.63, 3.8) is 0 Å². The molecule has 1 saturated heterocycles. The van der Waals surface area contributed by atoms with Gasteiger partial charge in [0.15, 0.2) is 0 Å². The van der Waals surface area contributed by atoms with Crippen LogP contribution in [0.2, 0.25) is 10.0 Å². The molecule has 0 unspecified atom stereocenters. The fraction of sp³-hybridized carbons (Fsp3) is 0. The second kappa shape index (κ2) is 7.17. The van der Waals surface area contributed by atoms with E-state index in [-0.39, 0.29) is 5.57 Å². The molecule has 1 aliphatic rings. The SMILES string of the molecule is O=C1NN(c2ccc(Cl)c(Cl)c2)C(=O)C1=Cc1c2ccccc2cc2ccccc12. The maximum Gasteiger partial charge on any atom is 0.282 e. The Labute approximate surface area is 182 Å². The normalized spacial score (nSPS) is 15.4. The van der Waals surface area contributed by atoms with Crippen LogP contribution in [0.5, 0.6) is 0 Å². The van der Waals surface area contributed by atoms with Gasteiger partial charge in [-0.25, -0.2) is 5.01 Å². The number of halogens is 2. The number of amides is 2. The Bertz CT molecular complexity index is 1340. The van der Waals surface area contributed by atoms with Gasteiger partial charge in [-0.05, 0) is 57.4 Å². The molecule has 146 valence electrons. The summed E-state index contributed by atoms with van der Waals surface area (Å²) in [6, 6.07) is 22.7. The van der Waals surface area contributed by atoms with Crippen LogP contribution >= 0.6 is 23.2 Å². The molecule has 1 N–H and O–H groups in total. The molecule has 1 heterocycles. The van der Waals surface area contributed by atoms with Gasteiger partial charge in [0.1, 0.15) is 5.57 Å². The van der Waals surface area contributed by atoms with Crippen LogP contribution in [0.1, 0.15) is 5.56 Å². The van der Waals surface area contributed by atoms with Crippen LogP contribution in [0.3, 0.4) is 0 Å². The number of hydrogen-bond acceptors (Lipinski definition) is 2. The summed E-state index contributed by atoms with van der Waals surface area (Å²) in [6.45, 7) is 0. The summed E-state index contributed by atoms with van der Waals surface area (Å²) in [5, 5.41) is 5.87. The van der Waals surface area contributed by atoms with Gasteiger partial charge >= 0.3 is 0 Å². The van der Waals surface area contributed by atoms with E-state index in [1.54, 1.807) is 24.3 Å². The highest BCUT2D eigenvalue weighted by Gasteiger charge is 2.35. The molecule has 5 rings (SSSR count). The Hall–Kier alpha value is -3.34. The van der Waals surface area contributed by atoms with Crippen LogP contribution in [0.25, 0.3) is 27.6 Å². The fourth-order valence-electron chi connectivity index (χ4n) is 3.71. The van der Waals surface area contributed by atoms with E-state index in [9.17, 15) is 9.59 Å². The lowest BCUT2D eigenvalue weighted by Gasteiger charge is -2.15. The van der Waals surface area contributed by atoms with Crippen LogP contribution in [-0.4, -0.2) is 11.8 Å². The quantitative estimate of drug-likeness (QED) is 0.248. The molecule has 6 heteroatoms. The molecule has 4 aromatic rings. The molecule has 1 fully saturated rings. The van der Waals surface area contributed by atoms with E-state index < -0.39 is 11.8 Å². The fourth-order valence-corrected chi connectivity index (χ4v) is 4.00. The number of hydrazine groups is 1. The highest BCUT2D eigenvalue weighted by Crippen LogP contribution is 2.33. The lowest BCUT2D eigenvalue weighted by Crippen LogP contribution is -2.35. The molecule has 0 bridgehead atoms. The average molecular weight is 433 g/mol. The predicted octanol–water partition coefficient (Wildman–Crippen LogP) is 5.76. The van der Waals surface area contributed by atoms with Crippen LogP contribution in [0.4, 0.5) is 5.69 Å². The minimum Gasteiger partial charge on any atom is -0.267 e. The van der Waals surface area contributed by atoms with E-state index >= 15 is 0 Å². The largest absolute Gasteiger partial charge is 0.282 e. The van der Waals surface area contributed by atoms with Crippen molar-refractivity contribution in [2.45, 2.75) is 0 Å². The van der Waals surface area contributed by atoms with Gasteiger partial charge in [0, 0.05) is 0 Å². The summed E-state index contributed by atoms with van der Waals surface area (Å²) in [4.78, 5) is 25.8. The summed E-state index contributed by atoms with van der Waals surface area (Å²) in [6.07, 6.45) is 1.67. The van der Waals surface area contributed by atoms with E-state index in [2.05, 4.69) is 11.5 Å². The maximum atomic E-state index is 13.1. The second-order valence-electron chi connectivity index (χ2n) is 6.97. The van der Waals surface area contributed by atoms with E-state index in [0.717, 1.165) is 27.1 Å². The molecule has 0 atom stereocenters. The van der Waals surface area contributed by atoms with Crippen molar-refractivity contribution in [2.24, 2.45) is 0 Å². The van der Waals surface area contributed by atoms with Crippen molar-refractivity contribution in [3.05, 3.63) is 94.0 Å². The Kier molecular flexibility index (Phi) is 4.46. The van der Waals surface area contributed by atoms with Crippen LogP contribution in [-0.2, 0) is 9.59 Å². The summed E-state index contributed by atoms with van der Waals surface area (Å²) in [5.74, 6) is -0.918. The van der Waals surface area contributed by atoms with Gasteiger partial charge in [-0.15, -0.1) is 0 Å². The Morgan fingerprint density at radius 3 is 2.03 bits per heavy atom. The second-order valence-corrected chi connectivity index (χ2v) is 7.78. The summed E-state index contributed by atoms with van der Waals surface area (Å²) >= 11 is 12.0. The zero-order valence-electron chi connectivity index (χ0n) is 15.5. The summed E-state index contributed by atoms with van der Waals surface area (Å²) < 4.78 is 0. The molecule has 0 aliphatic carbocycles. The van der Waals surface area contributed by atoms with E-state index in [0.29, 0.717) is 15.7 Å². The van der Waals surface area contributed by atoms with E-state index in [4.69, 9.17) is 23.2 Å². The van der Waals surface area contributed by atoms with Crippen molar-refractivity contribution >= 4 is 68.3 Å². The molecular weight excluding hydrogens is 419 g/mol. The minimum atomic E-state index is -0.469. The summed E-state index contributed by atoms with van der Waals surface area (Å²) in [5.41, 5.74) is 3.94. The van der Waals surface area contributed by atoms with Gasteiger partial charge in [0.2, 0.25) is 0 Å². The first-order chi connectivity index (χ1) is 14.5. The molecule has 2 amide bonds. The monoisotopic (exact) mass is 432 g/mol. The third-order valence-corrected chi connectivity index (χ3v) is 5.89. The highest BCUT2D eigenvalue weighted by molar-refractivity contribution is 6.42. The molecule has 4 aromatic carbocycles. The Morgan fingerprint density at radius 1 is 0.767 bits per heavy atom. The lowest BCUT2D eigenvalue weighted by atomic mass is 9.95. The number of rotatable bonds is 2. The zero-order valence-corrected chi connectivity index (χ0v) is 17.0. The first-order valence-electron chi connectivity index (χ1n) is 9.25. The standard InChI is InChI=1S/C24H14Cl2N2O2/c25-21-10-9-16(12-22(21)26)28-24(30)20(23(29)27-28)13-19-17-7-3-1-5-14(17)11-15-6-2-4-8-18(15)19/h1-13H,(H,27,29). The van der Waals surface area contributed by atoms with Crippen LogP contribution in [0, 0.1) is 0 Å². The Morgan fingerprint density at radius 2 is 1.40 bits per heavy atom. The number of hydrogen-bond donors (Lipinski definition) is 1. The average Bonchev–Trinajstić information content (AvgIpc) is 3.03. The molecule has 0 aromatic heterocycles. The molecular formula is C24H14Cl2N2O2. The van der Waals surface area contributed by atoms with E-state index in [1.165, 1.54) is 5.01 Å². The molecule has 4 nitrogen and oxygen atoms in total. The molecule has 0 spiro atoms. The minimum absolute atomic E-state index is 0.0579. The number of anilines is 1. The first kappa shape index (κ1) is 18.7. The maximum absolute atomic E-state index is 13.1. The van der Waals surface area contributed by atoms with Crippen molar-refractivity contribution < 1.29 is 9.59 Å². The lowest BCUT2D eigenvalue weighted by molar-refractivity contribution is -0.117. The van der Waals surface area contributed by atoms with Crippen LogP contribution < -0.4 is 10.4 Å². The number of benzene rings is 4. The number of fused-ring (bicyclic) bond motifs is 2. The third-order valence-electron chi connectivity index (χ3n) is 5.15. The van der Waals surface area contributed by atoms with Crippen molar-refractivity contribution in [1.29, 1.82) is 0 Å². The van der Waals surface area contributed by atoms with Crippen LogP contribution in [0.15, 0.2) is 78.4 Å². The van der Waals surface area contributed by atoms with Gasteiger partial charge in [-0.2, -0.15) is 0 Å². The van der Waals surface area contributed by atoms with E-state index in [1.807, 2.05) is 48.5 Å². The van der Waals surface area contributed by atoms with Gasteiger partial charge in [-0.3, -0.25) is 15.0 Å². The van der Waals surface area contributed by atoms with Crippen molar-refractivity contribution in [3.8, 4) is 0 Å². The van der Waals surface area contributed by atoms with Gasteiger partial charge in [0.05, 0.1) is 15.7 Å². The topological polar surface area (TPSA) is 49.4 Å². The Balaban J connectivity index is 1.67. The number of nitrogens with zero attached hydrogens (tertiary/aromatic N) is 1. The van der Waals surface area contributed by atoms with Gasteiger partial charge in [0.25, 0.3) is 11.8 Å². The van der Waals surface area contributed by atoms with Crippen molar-refractivity contribution in [2.75, 3.05) is 5.01 Å². The molecule has 0 saturated carbocycles. The first-order valence-corrected chi connectivity index (χ1v) is 10.0. The summed E-state index contributed by atoms with van der Waals surface area (Å²) in [7, 11) is 0.